The van der Waals surface area contributed by atoms with Gasteiger partial charge in [0.05, 0.1) is 0 Å². The lowest BCUT2D eigenvalue weighted by molar-refractivity contribution is 0.0798. The fraction of sp³-hybridized carbons (Fsp3) is 0.292. The zero-order valence-electron chi connectivity index (χ0n) is 15.4. The van der Waals surface area contributed by atoms with Gasteiger partial charge in [-0.15, -0.1) is 0 Å². The van der Waals surface area contributed by atoms with Crippen LogP contribution in [0.4, 0.5) is 0 Å². The van der Waals surface area contributed by atoms with Crippen molar-refractivity contribution >= 4 is 16.7 Å². The Bertz CT molecular complexity index is 976. The zero-order chi connectivity index (χ0) is 18.3. The van der Waals surface area contributed by atoms with Crippen molar-refractivity contribution in [3.8, 4) is 0 Å². The van der Waals surface area contributed by atoms with Crippen LogP contribution in [0.2, 0.25) is 0 Å². The van der Waals surface area contributed by atoms with Gasteiger partial charge in [-0.3, -0.25) is 9.69 Å². The van der Waals surface area contributed by atoms with E-state index in [-0.39, 0.29) is 11.4 Å². The first-order chi connectivity index (χ1) is 13.2. The van der Waals surface area contributed by atoms with Gasteiger partial charge in [-0.1, -0.05) is 60.7 Å². The van der Waals surface area contributed by atoms with E-state index in [1.807, 2.05) is 30.3 Å². The Morgan fingerprint density at radius 3 is 2.52 bits per heavy atom. The van der Waals surface area contributed by atoms with Crippen LogP contribution in [-0.4, -0.2) is 29.4 Å². The van der Waals surface area contributed by atoms with E-state index < -0.39 is 0 Å². The van der Waals surface area contributed by atoms with Gasteiger partial charge in [0.2, 0.25) is 0 Å². The molecular weight excluding hydrogens is 332 g/mol. The second-order valence-electron chi connectivity index (χ2n) is 8.11. The number of carbonyl (C=O) groups excluding carboxylic acids is 1. The van der Waals surface area contributed by atoms with Crippen molar-refractivity contribution in [3.63, 3.8) is 0 Å². The topological polar surface area (TPSA) is 32.3 Å². The number of amides is 1. The van der Waals surface area contributed by atoms with Crippen molar-refractivity contribution < 1.29 is 4.79 Å². The van der Waals surface area contributed by atoms with Gasteiger partial charge < -0.3 is 5.32 Å². The highest BCUT2D eigenvalue weighted by molar-refractivity contribution is 5.98. The molecule has 0 atom stereocenters. The lowest BCUT2D eigenvalue weighted by atomic mass is 9.73. The Kier molecular flexibility index (Phi) is 3.98. The monoisotopic (exact) mass is 356 g/mol. The molecule has 3 nitrogen and oxygen atoms in total. The van der Waals surface area contributed by atoms with E-state index in [1.165, 1.54) is 23.8 Å². The van der Waals surface area contributed by atoms with E-state index in [9.17, 15) is 4.79 Å². The molecular formula is C24H24N2O. The number of fused-ring (bicyclic) bond motifs is 2. The fourth-order valence-electron chi connectivity index (χ4n) is 4.88. The molecule has 0 radical (unpaired) electrons. The first-order valence-electron chi connectivity index (χ1n) is 9.78. The lowest BCUT2D eigenvalue weighted by Crippen LogP contribution is -2.53. The van der Waals surface area contributed by atoms with Crippen molar-refractivity contribution in [2.75, 3.05) is 13.1 Å². The minimum absolute atomic E-state index is 0.0325. The minimum Gasteiger partial charge on any atom is -0.350 e. The molecule has 0 spiro atoms. The molecule has 27 heavy (non-hydrogen) atoms. The van der Waals surface area contributed by atoms with E-state index in [4.69, 9.17) is 0 Å². The number of benzene rings is 3. The standard InChI is InChI=1S/C24H24N2O/c27-23(22-11-10-20-8-4-5-9-21(20)12-22)25-17-24-13-19(14-24)16-26(24)15-18-6-2-1-3-7-18/h1-12,19H,13-17H2,(H,25,27). The molecule has 3 aromatic rings. The molecule has 0 aromatic heterocycles. The van der Waals surface area contributed by atoms with Gasteiger partial charge in [-0.05, 0) is 47.2 Å². The van der Waals surface area contributed by atoms with Gasteiger partial charge in [0, 0.05) is 30.7 Å². The Morgan fingerprint density at radius 2 is 1.70 bits per heavy atom. The van der Waals surface area contributed by atoms with Gasteiger partial charge in [0.1, 0.15) is 0 Å². The Balaban J connectivity index is 1.27. The van der Waals surface area contributed by atoms with Crippen LogP contribution in [-0.2, 0) is 6.54 Å². The Morgan fingerprint density at radius 1 is 0.963 bits per heavy atom. The van der Waals surface area contributed by atoms with Gasteiger partial charge in [0.15, 0.2) is 0 Å². The molecule has 3 heteroatoms. The second-order valence-corrected chi connectivity index (χ2v) is 8.11. The molecule has 6 rings (SSSR count). The average molecular weight is 356 g/mol. The molecule has 1 amide bonds. The highest BCUT2D eigenvalue weighted by atomic mass is 16.1. The SMILES string of the molecule is O=C(NCC12CC(CN1Cc1ccccc1)C2)c1ccc2ccccc2c1. The molecule has 2 bridgehead atoms. The van der Waals surface area contributed by atoms with E-state index in [2.05, 4.69) is 52.7 Å². The van der Waals surface area contributed by atoms with Gasteiger partial charge >= 0.3 is 0 Å². The van der Waals surface area contributed by atoms with Crippen molar-refractivity contribution in [2.45, 2.75) is 24.9 Å². The first kappa shape index (κ1) is 16.5. The largest absolute Gasteiger partial charge is 0.350 e. The van der Waals surface area contributed by atoms with Crippen molar-refractivity contribution in [3.05, 3.63) is 83.9 Å². The molecule has 2 aliphatic heterocycles. The molecule has 1 saturated carbocycles. The van der Waals surface area contributed by atoms with Crippen LogP contribution < -0.4 is 5.32 Å². The maximum atomic E-state index is 12.7. The van der Waals surface area contributed by atoms with Crippen LogP contribution in [0, 0.1) is 5.92 Å². The molecule has 3 aromatic carbocycles. The molecule has 3 aliphatic rings. The molecule has 2 saturated heterocycles. The number of nitrogens with one attached hydrogen (secondary N) is 1. The maximum absolute atomic E-state index is 12.7. The molecule has 0 unspecified atom stereocenters. The average Bonchev–Trinajstić information content (AvgIpc) is 3.20. The summed E-state index contributed by atoms with van der Waals surface area (Å²) < 4.78 is 0. The normalized spacial score (nSPS) is 23.9. The summed E-state index contributed by atoms with van der Waals surface area (Å²) in [6, 6.07) is 24.8. The van der Waals surface area contributed by atoms with Gasteiger partial charge in [-0.25, -0.2) is 0 Å². The maximum Gasteiger partial charge on any atom is 0.251 e. The predicted molar refractivity (Wildman–Crippen MR) is 109 cm³/mol. The molecule has 1 aliphatic carbocycles. The second kappa shape index (κ2) is 6.50. The number of carbonyl (C=O) groups is 1. The summed E-state index contributed by atoms with van der Waals surface area (Å²) in [5, 5.41) is 5.50. The van der Waals surface area contributed by atoms with Crippen LogP contribution in [0.15, 0.2) is 72.8 Å². The number of hydrogen-bond donors (Lipinski definition) is 1. The smallest absolute Gasteiger partial charge is 0.251 e. The third-order valence-electron chi connectivity index (χ3n) is 6.29. The van der Waals surface area contributed by atoms with Crippen LogP contribution >= 0.6 is 0 Å². The summed E-state index contributed by atoms with van der Waals surface area (Å²) in [7, 11) is 0. The number of rotatable bonds is 5. The summed E-state index contributed by atoms with van der Waals surface area (Å²) in [6.45, 7) is 2.87. The Labute approximate surface area is 160 Å². The van der Waals surface area contributed by atoms with Gasteiger partial charge in [-0.2, -0.15) is 0 Å². The summed E-state index contributed by atoms with van der Waals surface area (Å²) in [6.07, 6.45) is 2.41. The van der Waals surface area contributed by atoms with Crippen molar-refractivity contribution in [1.29, 1.82) is 0 Å². The van der Waals surface area contributed by atoms with Crippen LogP contribution in [0.25, 0.3) is 10.8 Å². The quantitative estimate of drug-likeness (QED) is 0.742. The van der Waals surface area contributed by atoms with Crippen LogP contribution in [0.1, 0.15) is 28.8 Å². The summed E-state index contributed by atoms with van der Waals surface area (Å²) in [4.78, 5) is 15.3. The first-order valence-corrected chi connectivity index (χ1v) is 9.78. The van der Waals surface area contributed by atoms with Crippen LogP contribution in [0.3, 0.4) is 0 Å². The van der Waals surface area contributed by atoms with E-state index >= 15 is 0 Å². The zero-order valence-corrected chi connectivity index (χ0v) is 15.4. The van der Waals surface area contributed by atoms with E-state index in [0.29, 0.717) is 0 Å². The van der Waals surface area contributed by atoms with E-state index in [1.54, 1.807) is 0 Å². The third kappa shape index (κ3) is 3.02. The van der Waals surface area contributed by atoms with Crippen molar-refractivity contribution in [2.24, 2.45) is 5.92 Å². The molecule has 3 fully saturated rings. The summed E-state index contributed by atoms with van der Waals surface area (Å²) in [5.41, 5.74) is 2.24. The number of nitrogens with zero attached hydrogens (tertiary/aromatic N) is 1. The third-order valence-corrected chi connectivity index (χ3v) is 6.29. The lowest BCUT2D eigenvalue weighted by Gasteiger charge is -2.42. The predicted octanol–water partition coefficient (Wildman–Crippen LogP) is 4.23. The highest BCUT2D eigenvalue weighted by Crippen LogP contribution is 2.50. The molecule has 136 valence electrons. The number of hydrogen-bond acceptors (Lipinski definition) is 2. The highest BCUT2D eigenvalue weighted by Gasteiger charge is 2.55. The van der Waals surface area contributed by atoms with Crippen molar-refractivity contribution in [1.82, 2.24) is 10.2 Å². The minimum atomic E-state index is 0.0325. The molecule has 2 heterocycles. The van der Waals surface area contributed by atoms with E-state index in [0.717, 1.165) is 36.5 Å². The van der Waals surface area contributed by atoms with Crippen LogP contribution in [0.5, 0.6) is 0 Å². The summed E-state index contributed by atoms with van der Waals surface area (Å²) in [5.74, 6) is 0.830. The summed E-state index contributed by atoms with van der Waals surface area (Å²) >= 11 is 0. The molecule has 1 N–H and O–H groups in total. The van der Waals surface area contributed by atoms with Gasteiger partial charge in [0.25, 0.3) is 5.91 Å². The fourth-order valence-corrected chi connectivity index (χ4v) is 4.88. The Hall–Kier alpha value is -2.65.